The molecule has 1 aromatic rings. The highest BCUT2D eigenvalue weighted by atomic mass is 19.4. The van der Waals surface area contributed by atoms with Gasteiger partial charge in [-0.2, -0.15) is 13.2 Å². The number of nitrogens with zero attached hydrogens (tertiary/aromatic N) is 2. The van der Waals surface area contributed by atoms with Gasteiger partial charge >= 0.3 is 12.1 Å². The van der Waals surface area contributed by atoms with Gasteiger partial charge in [0.25, 0.3) is 0 Å². The normalized spacial score (nSPS) is 18.9. The third-order valence-corrected chi connectivity index (χ3v) is 4.00. The Kier molecular flexibility index (Phi) is 7.24. The average molecular weight is 376 g/mol. The van der Waals surface area contributed by atoms with Crippen molar-refractivity contribution in [3.05, 3.63) is 29.8 Å². The summed E-state index contributed by atoms with van der Waals surface area (Å²) in [6.07, 6.45) is -4.44. The van der Waals surface area contributed by atoms with Crippen molar-refractivity contribution in [2.45, 2.75) is 12.3 Å². The largest absolute Gasteiger partial charge is 0.492 e. The number of morpholine rings is 1. The number of halogens is 3. The van der Waals surface area contributed by atoms with Crippen molar-refractivity contribution in [3.63, 3.8) is 0 Å². The summed E-state index contributed by atoms with van der Waals surface area (Å²) in [6, 6.07) is 4.62. The van der Waals surface area contributed by atoms with Gasteiger partial charge in [-0.3, -0.25) is 14.6 Å². The van der Waals surface area contributed by atoms with E-state index in [1.54, 1.807) is 11.9 Å². The van der Waals surface area contributed by atoms with Crippen molar-refractivity contribution in [2.75, 3.05) is 53.0 Å². The van der Waals surface area contributed by atoms with Crippen LogP contribution in [0, 0.1) is 0 Å². The van der Waals surface area contributed by atoms with Gasteiger partial charge in [-0.25, -0.2) is 0 Å². The van der Waals surface area contributed by atoms with Crippen molar-refractivity contribution < 1.29 is 32.5 Å². The van der Waals surface area contributed by atoms with Crippen LogP contribution >= 0.6 is 0 Å². The van der Waals surface area contributed by atoms with Crippen LogP contribution in [0.4, 0.5) is 13.2 Å². The molecule has 1 aromatic carbocycles. The van der Waals surface area contributed by atoms with E-state index >= 15 is 0 Å². The molecule has 0 radical (unpaired) electrons. The molecule has 1 fully saturated rings. The van der Waals surface area contributed by atoms with Gasteiger partial charge in [0, 0.05) is 26.2 Å². The average Bonchev–Trinajstić information content (AvgIpc) is 2.54. The first-order valence-corrected chi connectivity index (χ1v) is 8.28. The quantitative estimate of drug-likeness (QED) is 0.747. The van der Waals surface area contributed by atoms with Gasteiger partial charge in [0.2, 0.25) is 0 Å². The van der Waals surface area contributed by atoms with E-state index in [9.17, 15) is 18.0 Å². The number of benzene rings is 1. The summed E-state index contributed by atoms with van der Waals surface area (Å²) >= 11 is 0. The lowest BCUT2D eigenvalue weighted by molar-refractivity contribution is -0.139. The third-order valence-electron chi connectivity index (χ3n) is 4.00. The monoisotopic (exact) mass is 376 g/mol. The van der Waals surface area contributed by atoms with Crippen LogP contribution in [0.25, 0.3) is 0 Å². The standard InChI is InChI=1S/C17H23F3N2O4/c1-21(12-16(23)24)10-15-11-22(7-9-26-15)6-8-25-14-4-2-13(3-5-14)17(18,19)20/h2-5,15H,6-12H2,1H3,(H,23,24). The van der Waals surface area contributed by atoms with Crippen LogP contribution in [-0.4, -0.2) is 80.0 Å². The topological polar surface area (TPSA) is 62.2 Å². The maximum Gasteiger partial charge on any atom is 0.416 e. The van der Waals surface area contributed by atoms with E-state index in [1.165, 1.54) is 12.1 Å². The SMILES string of the molecule is CN(CC(=O)O)CC1CN(CCOc2ccc(C(F)(F)F)cc2)CCO1. The molecule has 0 aliphatic carbocycles. The molecular weight excluding hydrogens is 353 g/mol. The minimum atomic E-state index is -4.35. The lowest BCUT2D eigenvalue weighted by Crippen LogP contribution is -2.48. The number of ether oxygens (including phenoxy) is 2. The van der Waals surface area contributed by atoms with Crippen molar-refractivity contribution in [2.24, 2.45) is 0 Å². The minimum absolute atomic E-state index is 0.0447. The zero-order chi connectivity index (χ0) is 19.2. The molecule has 1 unspecified atom stereocenters. The predicted molar refractivity (Wildman–Crippen MR) is 88.3 cm³/mol. The van der Waals surface area contributed by atoms with Gasteiger partial charge in [-0.1, -0.05) is 0 Å². The Balaban J connectivity index is 1.72. The molecule has 0 saturated carbocycles. The number of carbonyl (C=O) groups is 1. The van der Waals surface area contributed by atoms with Crippen molar-refractivity contribution in [3.8, 4) is 5.75 Å². The fourth-order valence-corrected chi connectivity index (χ4v) is 2.77. The number of carboxylic acids is 1. The highest BCUT2D eigenvalue weighted by Crippen LogP contribution is 2.30. The second kappa shape index (κ2) is 9.20. The summed E-state index contributed by atoms with van der Waals surface area (Å²) < 4.78 is 48.7. The summed E-state index contributed by atoms with van der Waals surface area (Å²) in [5, 5.41) is 8.78. The van der Waals surface area contributed by atoms with Crippen LogP contribution in [0.2, 0.25) is 0 Å². The third kappa shape index (κ3) is 6.81. The molecule has 1 N–H and O–H groups in total. The van der Waals surface area contributed by atoms with E-state index in [0.29, 0.717) is 38.6 Å². The Labute approximate surface area is 150 Å². The van der Waals surface area contributed by atoms with E-state index in [-0.39, 0.29) is 12.6 Å². The highest BCUT2D eigenvalue weighted by molar-refractivity contribution is 5.69. The van der Waals surface area contributed by atoms with Gasteiger partial charge in [-0.15, -0.1) is 0 Å². The molecule has 9 heteroatoms. The number of likely N-dealkylation sites (N-methyl/N-ethyl adjacent to an activating group) is 1. The Morgan fingerprint density at radius 3 is 2.69 bits per heavy atom. The van der Waals surface area contributed by atoms with Crippen LogP contribution in [0.15, 0.2) is 24.3 Å². The van der Waals surface area contributed by atoms with Crippen LogP contribution in [0.3, 0.4) is 0 Å². The summed E-state index contributed by atoms with van der Waals surface area (Å²) in [4.78, 5) is 14.5. The Morgan fingerprint density at radius 1 is 1.38 bits per heavy atom. The fraction of sp³-hybridized carbons (Fsp3) is 0.588. The first-order valence-electron chi connectivity index (χ1n) is 8.28. The Hall–Kier alpha value is -1.84. The summed E-state index contributed by atoms with van der Waals surface area (Å²) in [7, 11) is 1.73. The molecule has 6 nitrogen and oxygen atoms in total. The molecule has 1 heterocycles. The minimum Gasteiger partial charge on any atom is -0.492 e. The van der Waals surface area contributed by atoms with Gasteiger partial charge in [0.05, 0.1) is 24.8 Å². The molecule has 1 aliphatic heterocycles. The first kappa shape index (κ1) is 20.5. The van der Waals surface area contributed by atoms with Gasteiger partial charge in [-0.05, 0) is 31.3 Å². The van der Waals surface area contributed by atoms with E-state index in [2.05, 4.69) is 4.90 Å². The zero-order valence-electron chi connectivity index (χ0n) is 14.5. The maximum atomic E-state index is 12.5. The molecule has 1 saturated heterocycles. The van der Waals surface area contributed by atoms with Crippen molar-refractivity contribution in [1.82, 2.24) is 9.80 Å². The number of alkyl halides is 3. The molecule has 1 aliphatic rings. The number of rotatable bonds is 8. The second-order valence-corrected chi connectivity index (χ2v) is 6.25. The molecule has 26 heavy (non-hydrogen) atoms. The maximum absolute atomic E-state index is 12.5. The van der Waals surface area contributed by atoms with Crippen LogP contribution in [0.1, 0.15) is 5.56 Å². The number of hydrogen-bond acceptors (Lipinski definition) is 5. The summed E-state index contributed by atoms with van der Waals surface area (Å²) in [5.74, 6) is -0.492. The Bertz CT molecular complexity index is 580. The van der Waals surface area contributed by atoms with Crippen LogP contribution < -0.4 is 4.74 Å². The lowest BCUT2D eigenvalue weighted by atomic mass is 10.2. The van der Waals surface area contributed by atoms with Gasteiger partial charge in [0.15, 0.2) is 0 Å². The van der Waals surface area contributed by atoms with Crippen LogP contribution in [0.5, 0.6) is 5.75 Å². The lowest BCUT2D eigenvalue weighted by Gasteiger charge is -2.34. The molecule has 146 valence electrons. The molecule has 0 amide bonds. The van der Waals surface area contributed by atoms with Gasteiger partial charge in [0.1, 0.15) is 12.4 Å². The van der Waals surface area contributed by atoms with Crippen molar-refractivity contribution >= 4 is 5.97 Å². The Morgan fingerprint density at radius 2 is 2.08 bits per heavy atom. The van der Waals surface area contributed by atoms with E-state index in [4.69, 9.17) is 14.6 Å². The number of aliphatic carboxylic acids is 1. The molecule has 0 bridgehead atoms. The second-order valence-electron chi connectivity index (χ2n) is 6.25. The van der Waals surface area contributed by atoms with Gasteiger partial charge < -0.3 is 14.6 Å². The number of carboxylic acid groups (broad SMARTS) is 1. The van der Waals surface area contributed by atoms with Crippen LogP contribution in [-0.2, 0) is 15.7 Å². The molecule has 2 rings (SSSR count). The summed E-state index contributed by atoms with van der Waals surface area (Å²) in [5.41, 5.74) is -0.702. The number of hydrogen-bond donors (Lipinski definition) is 1. The summed E-state index contributed by atoms with van der Waals surface area (Å²) in [6.45, 7) is 3.37. The highest BCUT2D eigenvalue weighted by Gasteiger charge is 2.30. The smallest absolute Gasteiger partial charge is 0.416 e. The molecule has 1 atom stereocenters. The molecule has 0 aromatic heterocycles. The van der Waals surface area contributed by atoms with E-state index in [0.717, 1.165) is 18.7 Å². The fourth-order valence-electron chi connectivity index (χ4n) is 2.77. The first-order chi connectivity index (χ1) is 12.2. The van der Waals surface area contributed by atoms with Crippen molar-refractivity contribution in [1.29, 1.82) is 0 Å². The van der Waals surface area contributed by atoms with E-state index < -0.39 is 17.7 Å². The zero-order valence-corrected chi connectivity index (χ0v) is 14.5. The van der Waals surface area contributed by atoms with E-state index in [1.807, 2.05) is 0 Å². The molecular formula is C17H23F3N2O4. The predicted octanol–water partition coefficient (Wildman–Crippen LogP) is 1.80. The molecule has 0 spiro atoms.